The van der Waals surface area contributed by atoms with E-state index in [0.29, 0.717) is 0 Å². The Kier molecular flexibility index (Phi) is 7.18. The molecule has 0 saturated carbocycles. The smallest absolute Gasteiger partial charge is 0.143 e. The summed E-state index contributed by atoms with van der Waals surface area (Å²) in [5.74, 6) is 0. The minimum absolute atomic E-state index is 0.906. The predicted molar refractivity (Wildman–Crippen MR) is 220 cm³/mol. The van der Waals surface area contributed by atoms with Crippen molar-refractivity contribution in [1.29, 1.82) is 0 Å². The van der Waals surface area contributed by atoms with Crippen LogP contribution in [0.5, 0.6) is 0 Å². The van der Waals surface area contributed by atoms with Crippen molar-refractivity contribution in [2.45, 2.75) is 0 Å². The second-order valence-electron chi connectivity index (χ2n) is 13.3. The van der Waals surface area contributed by atoms with Crippen molar-refractivity contribution in [3.8, 4) is 33.4 Å². The third kappa shape index (κ3) is 4.96. The van der Waals surface area contributed by atoms with E-state index in [1.807, 2.05) is 0 Å². The first-order valence-electron chi connectivity index (χ1n) is 17.8. The van der Waals surface area contributed by atoms with E-state index in [1.165, 1.54) is 38.4 Å². The molecule has 0 atom stereocenters. The summed E-state index contributed by atoms with van der Waals surface area (Å²) in [4.78, 5) is 2.36. The fourth-order valence-corrected chi connectivity index (χ4v) is 7.85. The molecule has 0 unspecified atom stereocenters. The molecule has 0 aliphatic carbocycles. The molecule has 0 aliphatic rings. The number of nitrogens with zero attached hydrogens (tertiary/aromatic N) is 1. The SMILES string of the molecule is c1ccc(-c2ccc(N(c3ccccc3)c3ccc(-c4cccc5c4oc4c6ccccc6c(-c6ccccc6)cc54)cc3)c3ccccc23)cc1. The fraction of sp³-hybridized carbons (Fsp3) is 0. The highest BCUT2D eigenvalue weighted by molar-refractivity contribution is 6.20. The van der Waals surface area contributed by atoms with Gasteiger partial charge in [-0.1, -0.05) is 164 Å². The monoisotopic (exact) mass is 663 g/mol. The third-order valence-corrected chi connectivity index (χ3v) is 10.3. The lowest BCUT2D eigenvalue weighted by atomic mass is 9.95. The molecule has 52 heavy (non-hydrogen) atoms. The molecule has 0 radical (unpaired) electrons. The van der Waals surface area contributed by atoms with Crippen molar-refractivity contribution < 1.29 is 4.42 Å². The van der Waals surface area contributed by atoms with Gasteiger partial charge in [-0.05, 0) is 75.0 Å². The zero-order valence-electron chi connectivity index (χ0n) is 28.4. The Balaban J connectivity index is 1.11. The van der Waals surface area contributed by atoms with Crippen molar-refractivity contribution in [3.63, 3.8) is 0 Å². The number of furan rings is 1. The van der Waals surface area contributed by atoms with Crippen LogP contribution in [0.3, 0.4) is 0 Å². The van der Waals surface area contributed by atoms with E-state index < -0.39 is 0 Å². The summed E-state index contributed by atoms with van der Waals surface area (Å²) in [6, 6.07) is 71.4. The molecule has 0 aliphatic heterocycles. The second-order valence-corrected chi connectivity index (χ2v) is 13.3. The highest BCUT2D eigenvalue weighted by Crippen LogP contribution is 2.45. The van der Waals surface area contributed by atoms with Gasteiger partial charge in [-0.25, -0.2) is 0 Å². The summed E-state index contributed by atoms with van der Waals surface area (Å²) >= 11 is 0. The van der Waals surface area contributed by atoms with Gasteiger partial charge in [0.25, 0.3) is 0 Å². The molecular weight excluding hydrogens is 631 g/mol. The van der Waals surface area contributed by atoms with Gasteiger partial charge < -0.3 is 9.32 Å². The molecule has 244 valence electrons. The van der Waals surface area contributed by atoms with Gasteiger partial charge in [0.05, 0.1) is 5.69 Å². The maximum absolute atomic E-state index is 6.84. The minimum atomic E-state index is 0.906. The Morgan fingerprint density at radius 2 is 0.788 bits per heavy atom. The van der Waals surface area contributed by atoms with Crippen LogP contribution in [0, 0.1) is 0 Å². The molecule has 0 spiro atoms. The van der Waals surface area contributed by atoms with Crippen molar-refractivity contribution >= 4 is 60.5 Å². The molecule has 0 fully saturated rings. The van der Waals surface area contributed by atoms with E-state index in [4.69, 9.17) is 4.42 Å². The van der Waals surface area contributed by atoms with Crippen molar-refractivity contribution in [3.05, 3.63) is 200 Å². The summed E-state index contributed by atoms with van der Waals surface area (Å²) < 4.78 is 6.84. The highest BCUT2D eigenvalue weighted by Gasteiger charge is 2.20. The number of fused-ring (bicyclic) bond motifs is 6. The zero-order valence-corrected chi connectivity index (χ0v) is 28.4. The Bertz CT molecular complexity index is 2870. The number of hydrogen-bond acceptors (Lipinski definition) is 2. The van der Waals surface area contributed by atoms with Gasteiger partial charge in [0.2, 0.25) is 0 Å². The van der Waals surface area contributed by atoms with Crippen LogP contribution in [0.25, 0.3) is 76.9 Å². The van der Waals surface area contributed by atoms with E-state index >= 15 is 0 Å². The molecular formula is C50H33NO. The molecule has 0 amide bonds. The largest absolute Gasteiger partial charge is 0.455 e. The molecule has 0 bridgehead atoms. The minimum Gasteiger partial charge on any atom is -0.455 e. The maximum atomic E-state index is 6.84. The van der Waals surface area contributed by atoms with E-state index in [2.05, 4.69) is 205 Å². The summed E-state index contributed by atoms with van der Waals surface area (Å²) in [6.45, 7) is 0. The van der Waals surface area contributed by atoms with Crippen LogP contribution in [0.2, 0.25) is 0 Å². The molecule has 0 N–H and O–H groups in total. The van der Waals surface area contributed by atoms with E-state index in [9.17, 15) is 0 Å². The number of benzene rings is 9. The number of rotatable bonds is 6. The van der Waals surface area contributed by atoms with Crippen molar-refractivity contribution in [2.75, 3.05) is 4.90 Å². The number of hydrogen-bond donors (Lipinski definition) is 0. The van der Waals surface area contributed by atoms with Crippen LogP contribution >= 0.6 is 0 Å². The van der Waals surface area contributed by atoms with Crippen molar-refractivity contribution in [1.82, 2.24) is 0 Å². The molecule has 10 rings (SSSR count). The van der Waals surface area contributed by atoms with E-state index in [1.54, 1.807) is 0 Å². The van der Waals surface area contributed by atoms with Gasteiger partial charge in [0, 0.05) is 38.5 Å². The van der Waals surface area contributed by atoms with Crippen LogP contribution in [-0.4, -0.2) is 0 Å². The van der Waals surface area contributed by atoms with Crippen LogP contribution in [0.15, 0.2) is 205 Å². The van der Waals surface area contributed by atoms with Gasteiger partial charge in [-0.2, -0.15) is 0 Å². The van der Waals surface area contributed by atoms with Gasteiger partial charge in [0.15, 0.2) is 0 Å². The Labute approximate surface area is 302 Å². The summed E-state index contributed by atoms with van der Waals surface area (Å²) in [7, 11) is 0. The summed E-state index contributed by atoms with van der Waals surface area (Å²) in [5.41, 5.74) is 12.2. The van der Waals surface area contributed by atoms with Gasteiger partial charge in [-0.3, -0.25) is 0 Å². The van der Waals surface area contributed by atoms with Gasteiger partial charge >= 0.3 is 0 Å². The quantitative estimate of drug-likeness (QED) is 0.176. The molecule has 10 aromatic rings. The molecule has 0 saturated heterocycles. The standard InChI is InChI=1S/C50H33NO/c1-4-15-34(16-5-1)39-31-32-48(43-23-12-10-21-41(39)43)51(37-19-8-3-9-20-37)38-29-27-36(28-30-38)40-25-14-26-45-47-33-46(35-17-6-2-7-18-35)42-22-11-13-24-44(42)50(47)52-49(40)45/h1-33H. The first-order valence-corrected chi connectivity index (χ1v) is 17.8. The van der Waals surface area contributed by atoms with Crippen LogP contribution < -0.4 is 4.90 Å². The Hall–Kier alpha value is -6.90. The van der Waals surface area contributed by atoms with E-state index in [0.717, 1.165) is 55.5 Å². The summed E-state index contributed by atoms with van der Waals surface area (Å²) in [5, 5.41) is 6.99. The highest BCUT2D eigenvalue weighted by atomic mass is 16.3. The van der Waals surface area contributed by atoms with Crippen LogP contribution in [-0.2, 0) is 0 Å². The molecule has 2 heteroatoms. The third-order valence-electron chi connectivity index (χ3n) is 10.3. The first-order chi connectivity index (χ1) is 25.8. The van der Waals surface area contributed by atoms with Crippen LogP contribution in [0.4, 0.5) is 17.1 Å². The Morgan fingerprint density at radius 3 is 1.48 bits per heavy atom. The number of para-hydroxylation sites is 2. The van der Waals surface area contributed by atoms with Gasteiger partial charge in [0.1, 0.15) is 11.2 Å². The zero-order chi connectivity index (χ0) is 34.4. The maximum Gasteiger partial charge on any atom is 0.143 e. The first kappa shape index (κ1) is 30.0. The molecule has 9 aromatic carbocycles. The molecule has 1 heterocycles. The Morgan fingerprint density at radius 1 is 0.288 bits per heavy atom. The normalized spacial score (nSPS) is 11.5. The number of anilines is 3. The lowest BCUT2D eigenvalue weighted by Gasteiger charge is -2.27. The van der Waals surface area contributed by atoms with Crippen LogP contribution in [0.1, 0.15) is 0 Å². The lowest BCUT2D eigenvalue weighted by molar-refractivity contribution is 0.674. The average molecular weight is 664 g/mol. The second kappa shape index (κ2) is 12.5. The summed E-state index contributed by atoms with van der Waals surface area (Å²) in [6.07, 6.45) is 0. The lowest BCUT2D eigenvalue weighted by Crippen LogP contribution is -2.10. The van der Waals surface area contributed by atoms with Gasteiger partial charge in [-0.15, -0.1) is 0 Å². The molecule has 2 nitrogen and oxygen atoms in total. The average Bonchev–Trinajstić information content (AvgIpc) is 3.61. The topological polar surface area (TPSA) is 16.4 Å². The molecule has 1 aromatic heterocycles. The predicted octanol–water partition coefficient (Wildman–Crippen LogP) is 14.4. The fourth-order valence-electron chi connectivity index (χ4n) is 7.85. The van der Waals surface area contributed by atoms with E-state index in [-0.39, 0.29) is 0 Å². The van der Waals surface area contributed by atoms with Crippen molar-refractivity contribution in [2.24, 2.45) is 0 Å².